The van der Waals surface area contributed by atoms with Crippen molar-refractivity contribution < 1.29 is 47.9 Å². The van der Waals surface area contributed by atoms with Gasteiger partial charge in [0, 0.05) is 37.3 Å². The first-order chi connectivity index (χ1) is 19.4. The summed E-state index contributed by atoms with van der Waals surface area (Å²) in [6.07, 6.45) is 0. The molecule has 0 aromatic heterocycles. The lowest BCUT2D eigenvalue weighted by Crippen LogP contribution is -2.42. The molecule has 12 heteroatoms. The van der Waals surface area contributed by atoms with E-state index in [-0.39, 0.29) is 36.0 Å². The summed E-state index contributed by atoms with van der Waals surface area (Å²) in [5.74, 6) is 0.141. The third kappa shape index (κ3) is 4.73. The monoisotopic (exact) mass is 556 g/mol. The number of aliphatic hydroxyl groups is 1. The summed E-state index contributed by atoms with van der Waals surface area (Å²) in [5.41, 5.74) is 0.589. The first-order valence-electron chi connectivity index (χ1n) is 12.8. The molecule has 0 unspecified atom stereocenters. The van der Waals surface area contributed by atoms with Gasteiger partial charge in [-0.25, -0.2) is 0 Å². The quantitative estimate of drug-likeness (QED) is 0.278. The van der Waals surface area contributed by atoms with Gasteiger partial charge in [0.1, 0.15) is 5.76 Å². The Labute approximate surface area is 231 Å². The summed E-state index contributed by atoms with van der Waals surface area (Å²) in [4.78, 5) is 30.7. The van der Waals surface area contributed by atoms with Crippen LogP contribution in [0, 0.1) is 0 Å². The molecule has 214 valence electrons. The Kier molecular flexibility index (Phi) is 7.90. The van der Waals surface area contributed by atoms with Crippen LogP contribution in [0.25, 0.3) is 5.76 Å². The summed E-state index contributed by atoms with van der Waals surface area (Å²) in [6, 6.07) is 5.39. The largest absolute Gasteiger partial charge is 0.507 e. The van der Waals surface area contributed by atoms with Gasteiger partial charge in [-0.2, -0.15) is 0 Å². The molecule has 0 radical (unpaired) electrons. The zero-order valence-electron chi connectivity index (χ0n) is 22.9. The van der Waals surface area contributed by atoms with Crippen molar-refractivity contribution in [2.45, 2.75) is 6.04 Å². The van der Waals surface area contributed by atoms with E-state index in [1.807, 2.05) is 0 Å². The van der Waals surface area contributed by atoms with Crippen LogP contribution >= 0.6 is 0 Å². The second-order valence-corrected chi connectivity index (χ2v) is 9.28. The summed E-state index contributed by atoms with van der Waals surface area (Å²) in [5, 5.41) is 11.6. The van der Waals surface area contributed by atoms with Gasteiger partial charge in [0.05, 0.1) is 53.3 Å². The number of ketones is 1. The molecule has 1 N–H and O–H groups in total. The van der Waals surface area contributed by atoms with E-state index in [1.54, 1.807) is 24.3 Å². The van der Waals surface area contributed by atoms with Gasteiger partial charge in [0.15, 0.2) is 23.0 Å². The minimum absolute atomic E-state index is 0.0473. The van der Waals surface area contributed by atoms with E-state index in [1.165, 1.54) is 33.3 Å². The van der Waals surface area contributed by atoms with E-state index < -0.39 is 17.7 Å². The third-order valence-corrected chi connectivity index (χ3v) is 7.27. The van der Waals surface area contributed by atoms with Crippen LogP contribution in [0.2, 0.25) is 0 Å². The predicted octanol–water partition coefficient (Wildman–Crippen LogP) is 2.20. The van der Waals surface area contributed by atoms with E-state index in [0.29, 0.717) is 67.2 Å². The topological polar surface area (TPSA) is 125 Å². The Hall–Kier alpha value is -4.16. The molecule has 2 saturated heterocycles. The number of nitrogens with zero attached hydrogens (tertiary/aromatic N) is 2. The van der Waals surface area contributed by atoms with Crippen molar-refractivity contribution in [3.8, 4) is 34.5 Å². The van der Waals surface area contributed by atoms with Gasteiger partial charge in [-0.05, 0) is 24.3 Å². The van der Waals surface area contributed by atoms with Crippen LogP contribution < -0.4 is 28.4 Å². The van der Waals surface area contributed by atoms with Crippen molar-refractivity contribution >= 4 is 17.4 Å². The van der Waals surface area contributed by atoms with Crippen molar-refractivity contribution in [1.82, 2.24) is 9.80 Å². The van der Waals surface area contributed by atoms with E-state index in [9.17, 15) is 14.7 Å². The van der Waals surface area contributed by atoms with Gasteiger partial charge < -0.3 is 43.2 Å². The summed E-state index contributed by atoms with van der Waals surface area (Å²) < 4.78 is 38.7. The summed E-state index contributed by atoms with van der Waals surface area (Å²) in [6.45, 7) is 3.28. The zero-order valence-corrected chi connectivity index (χ0v) is 22.9. The van der Waals surface area contributed by atoms with Crippen LogP contribution in [0.5, 0.6) is 34.5 Å². The number of morpholine rings is 1. The highest BCUT2D eigenvalue weighted by molar-refractivity contribution is 6.46. The SMILES string of the molecule is COc1ccc(C(O)=C2C(=O)C(=O)N(CCN3CCOCC3)[C@@H]2c2cc(OC)c3c(c2OC)OCO3)cc1OC. The van der Waals surface area contributed by atoms with Crippen LogP contribution in [0.4, 0.5) is 0 Å². The number of fused-ring (bicyclic) bond motifs is 1. The second kappa shape index (κ2) is 11.5. The van der Waals surface area contributed by atoms with Gasteiger partial charge in [0.2, 0.25) is 18.3 Å². The first-order valence-corrected chi connectivity index (χ1v) is 12.8. The van der Waals surface area contributed by atoms with Gasteiger partial charge in [0.25, 0.3) is 11.7 Å². The molecular weight excluding hydrogens is 524 g/mol. The van der Waals surface area contributed by atoms with Gasteiger partial charge >= 0.3 is 0 Å². The molecule has 0 spiro atoms. The van der Waals surface area contributed by atoms with Crippen molar-refractivity contribution in [3.05, 3.63) is 41.0 Å². The molecule has 12 nitrogen and oxygen atoms in total. The Morgan fingerprint density at radius 3 is 2.27 bits per heavy atom. The molecule has 3 heterocycles. The highest BCUT2D eigenvalue weighted by Gasteiger charge is 2.48. The fourth-order valence-corrected chi connectivity index (χ4v) is 5.25. The Bertz CT molecular complexity index is 1330. The fraction of sp³-hybridized carbons (Fsp3) is 0.429. The number of rotatable bonds is 9. The van der Waals surface area contributed by atoms with E-state index in [0.717, 1.165) is 0 Å². The fourth-order valence-electron chi connectivity index (χ4n) is 5.25. The lowest BCUT2D eigenvalue weighted by molar-refractivity contribution is -0.140. The molecule has 3 aliphatic rings. The van der Waals surface area contributed by atoms with Crippen LogP contribution in [0.3, 0.4) is 0 Å². The summed E-state index contributed by atoms with van der Waals surface area (Å²) >= 11 is 0. The van der Waals surface area contributed by atoms with E-state index in [4.69, 9.17) is 33.2 Å². The van der Waals surface area contributed by atoms with Crippen molar-refractivity contribution in [2.75, 3.05) is 74.6 Å². The zero-order chi connectivity index (χ0) is 28.4. The number of likely N-dealkylation sites (tertiary alicyclic amines) is 1. The number of carbonyl (C=O) groups excluding carboxylic acids is 2. The first kappa shape index (κ1) is 27.4. The summed E-state index contributed by atoms with van der Waals surface area (Å²) in [7, 11) is 5.90. The molecule has 0 bridgehead atoms. The average molecular weight is 557 g/mol. The molecule has 5 rings (SSSR count). The number of methoxy groups -OCH3 is 4. The average Bonchev–Trinajstić information content (AvgIpc) is 3.58. The number of ether oxygens (including phenoxy) is 7. The van der Waals surface area contributed by atoms with Gasteiger partial charge in [-0.3, -0.25) is 14.5 Å². The lowest BCUT2D eigenvalue weighted by atomic mass is 9.93. The molecule has 2 aromatic rings. The van der Waals surface area contributed by atoms with E-state index >= 15 is 0 Å². The van der Waals surface area contributed by atoms with Crippen molar-refractivity contribution in [3.63, 3.8) is 0 Å². The Balaban J connectivity index is 1.67. The standard InChI is InChI=1S/C28H32N2O10/c1-34-18-6-5-16(13-19(18)35-2)23(31)21-22(17-14-20(36-3)26-27(25(17)37-4)40-15-39-26)30(28(33)24(21)32)8-7-29-9-11-38-12-10-29/h5-6,13-14,22,31H,7-12,15H2,1-4H3/t22-/m1/s1. The number of carbonyl (C=O) groups is 2. The van der Waals surface area contributed by atoms with E-state index in [2.05, 4.69) is 4.90 Å². The number of amides is 1. The minimum Gasteiger partial charge on any atom is -0.507 e. The molecule has 1 amide bonds. The van der Waals surface area contributed by atoms with Crippen LogP contribution in [-0.2, 0) is 14.3 Å². The smallest absolute Gasteiger partial charge is 0.295 e. The molecule has 3 aliphatic heterocycles. The number of benzene rings is 2. The number of Topliss-reactive ketones (excluding diaryl/α,β-unsaturated/α-hetero) is 1. The molecular formula is C28H32N2O10. The highest BCUT2D eigenvalue weighted by atomic mass is 16.7. The van der Waals surface area contributed by atoms with Crippen LogP contribution in [0.1, 0.15) is 17.2 Å². The second-order valence-electron chi connectivity index (χ2n) is 9.28. The molecule has 1 atom stereocenters. The van der Waals surface area contributed by atoms with Crippen LogP contribution in [0.15, 0.2) is 29.8 Å². The molecule has 2 aromatic carbocycles. The normalized spacial score (nSPS) is 20.1. The lowest BCUT2D eigenvalue weighted by Gasteiger charge is -2.31. The Morgan fingerprint density at radius 2 is 1.60 bits per heavy atom. The molecule has 40 heavy (non-hydrogen) atoms. The minimum atomic E-state index is -1.01. The number of hydrogen-bond donors (Lipinski definition) is 1. The molecule has 0 aliphatic carbocycles. The predicted molar refractivity (Wildman–Crippen MR) is 141 cm³/mol. The maximum absolute atomic E-state index is 13.6. The third-order valence-electron chi connectivity index (χ3n) is 7.27. The van der Waals surface area contributed by atoms with Crippen molar-refractivity contribution in [1.29, 1.82) is 0 Å². The van der Waals surface area contributed by atoms with Gasteiger partial charge in [-0.1, -0.05) is 0 Å². The maximum Gasteiger partial charge on any atom is 0.295 e. The molecule has 2 fully saturated rings. The number of aliphatic hydroxyl groups excluding tert-OH is 1. The highest BCUT2D eigenvalue weighted by Crippen LogP contribution is 2.54. The molecule has 0 saturated carbocycles. The van der Waals surface area contributed by atoms with Crippen molar-refractivity contribution in [2.24, 2.45) is 0 Å². The van der Waals surface area contributed by atoms with Gasteiger partial charge in [-0.15, -0.1) is 0 Å². The van der Waals surface area contributed by atoms with Crippen LogP contribution in [-0.4, -0.2) is 101 Å². The number of hydrogen-bond acceptors (Lipinski definition) is 11. The maximum atomic E-state index is 13.6. The Morgan fingerprint density at radius 1 is 0.900 bits per heavy atom.